The fraction of sp³-hybridized carbons (Fsp3) is 0.438. The maximum Gasteiger partial charge on any atom is 0.242 e. The Labute approximate surface area is 143 Å². The monoisotopic (exact) mass is 381 g/mol. The average molecular weight is 382 g/mol. The van der Waals surface area contributed by atoms with E-state index in [2.05, 4.69) is 21.2 Å². The van der Waals surface area contributed by atoms with E-state index in [0.29, 0.717) is 26.2 Å². The lowest BCUT2D eigenvalue weighted by Gasteiger charge is -2.34. The summed E-state index contributed by atoms with van der Waals surface area (Å²) in [6.45, 7) is 3.65. The average Bonchev–Trinajstić information content (AvgIpc) is 2.52. The first-order chi connectivity index (χ1) is 11.0. The van der Waals surface area contributed by atoms with Gasteiger partial charge in [-0.2, -0.15) is 0 Å². The third-order valence-electron chi connectivity index (χ3n) is 3.77. The maximum atomic E-state index is 12.1. The first-order valence-corrected chi connectivity index (χ1v) is 8.29. The normalized spacial score (nSPS) is 14.5. The van der Waals surface area contributed by atoms with Crippen LogP contribution in [0.2, 0.25) is 0 Å². The zero-order valence-corrected chi connectivity index (χ0v) is 14.6. The van der Waals surface area contributed by atoms with Gasteiger partial charge in [0.15, 0.2) is 0 Å². The van der Waals surface area contributed by atoms with Crippen LogP contribution in [0.4, 0.5) is 0 Å². The Morgan fingerprint density at radius 3 is 2.39 bits per heavy atom. The number of carbonyl (C=O) groups excluding carboxylic acids is 3. The van der Waals surface area contributed by atoms with Gasteiger partial charge in [-0.3, -0.25) is 14.4 Å². The van der Waals surface area contributed by atoms with Crippen molar-refractivity contribution in [2.75, 3.05) is 32.7 Å². The van der Waals surface area contributed by atoms with Crippen molar-refractivity contribution in [3.8, 4) is 0 Å². The van der Waals surface area contributed by atoms with E-state index in [0.717, 1.165) is 10.0 Å². The number of benzene rings is 1. The van der Waals surface area contributed by atoms with Crippen LogP contribution in [0.25, 0.3) is 0 Å². The van der Waals surface area contributed by atoms with E-state index >= 15 is 0 Å². The van der Waals surface area contributed by atoms with Crippen LogP contribution in [-0.4, -0.2) is 60.2 Å². The zero-order chi connectivity index (χ0) is 16.8. The number of carbonyl (C=O) groups is 3. The van der Waals surface area contributed by atoms with Crippen molar-refractivity contribution in [1.82, 2.24) is 15.1 Å². The van der Waals surface area contributed by atoms with Crippen LogP contribution in [0.15, 0.2) is 28.7 Å². The summed E-state index contributed by atoms with van der Waals surface area (Å²) in [6, 6.07) is 7.51. The van der Waals surface area contributed by atoms with Crippen molar-refractivity contribution in [3.63, 3.8) is 0 Å². The number of halogens is 1. The number of amides is 3. The molecule has 0 saturated carbocycles. The van der Waals surface area contributed by atoms with Gasteiger partial charge in [0, 0.05) is 37.6 Å². The molecule has 1 N–H and O–H groups in total. The Morgan fingerprint density at radius 2 is 1.78 bits per heavy atom. The van der Waals surface area contributed by atoms with Crippen molar-refractivity contribution in [1.29, 1.82) is 0 Å². The second kappa shape index (κ2) is 8.10. The highest BCUT2D eigenvalue weighted by Gasteiger charge is 2.22. The van der Waals surface area contributed by atoms with Crippen LogP contribution in [0, 0.1) is 0 Å². The summed E-state index contributed by atoms with van der Waals surface area (Å²) in [5.74, 6) is -0.269. The third-order valence-corrected chi connectivity index (χ3v) is 4.26. The topological polar surface area (TPSA) is 69.7 Å². The van der Waals surface area contributed by atoms with Crippen LogP contribution in [0.5, 0.6) is 0 Å². The number of nitrogens with zero attached hydrogens (tertiary/aromatic N) is 2. The summed E-state index contributed by atoms with van der Waals surface area (Å²) >= 11 is 3.36. The van der Waals surface area contributed by atoms with E-state index in [1.165, 1.54) is 6.92 Å². The molecule has 0 spiro atoms. The summed E-state index contributed by atoms with van der Waals surface area (Å²) in [6.07, 6.45) is 0.241. The van der Waals surface area contributed by atoms with E-state index in [1.807, 2.05) is 24.3 Å². The summed E-state index contributed by atoms with van der Waals surface area (Å²) in [5, 5.41) is 2.66. The van der Waals surface area contributed by atoms with Gasteiger partial charge in [0.05, 0.1) is 13.0 Å². The van der Waals surface area contributed by atoms with Crippen LogP contribution < -0.4 is 5.32 Å². The highest BCUT2D eigenvalue weighted by atomic mass is 79.9. The summed E-state index contributed by atoms with van der Waals surface area (Å²) in [5.41, 5.74) is 0.888. The Hall–Kier alpha value is -1.89. The predicted molar refractivity (Wildman–Crippen MR) is 89.7 cm³/mol. The van der Waals surface area contributed by atoms with Crippen molar-refractivity contribution in [3.05, 3.63) is 34.3 Å². The van der Waals surface area contributed by atoms with E-state index in [4.69, 9.17) is 0 Å². The molecule has 1 aliphatic rings. The van der Waals surface area contributed by atoms with E-state index in [-0.39, 0.29) is 30.7 Å². The first kappa shape index (κ1) is 17.5. The standard InChI is InChI=1S/C16H20BrN3O3/c1-12(21)19-5-7-20(8-6-19)16(23)11-18-15(22)10-13-3-2-4-14(17)9-13/h2-4,9H,5-8,10-11H2,1H3,(H,18,22). The zero-order valence-electron chi connectivity index (χ0n) is 13.0. The van der Waals surface area contributed by atoms with Gasteiger partial charge in [-0.1, -0.05) is 28.1 Å². The molecule has 3 amide bonds. The number of piperazine rings is 1. The quantitative estimate of drug-likeness (QED) is 0.838. The van der Waals surface area contributed by atoms with Crippen molar-refractivity contribution < 1.29 is 14.4 Å². The molecule has 0 aromatic heterocycles. The molecule has 1 aliphatic heterocycles. The van der Waals surface area contributed by atoms with Gasteiger partial charge in [0.25, 0.3) is 0 Å². The molecular weight excluding hydrogens is 362 g/mol. The molecule has 0 unspecified atom stereocenters. The molecule has 0 aliphatic carbocycles. The van der Waals surface area contributed by atoms with Gasteiger partial charge >= 0.3 is 0 Å². The smallest absolute Gasteiger partial charge is 0.242 e. The maximum absolute atomic E-state index is 12.1. The molecule has 1 aromatic rings. The van der Waals surface area contributed by atoms with E-state index in [1.54, 1.807) is 9.80 Å². The lowest BCUT2D eigenvalue weighted by atomic mass is 10.1. The van der Waals surface area contributed by atoms with Crippen LogP contribution in [-0.2, 0) is 20.8 Å². The van der Waals surface area contributed by atoms with Gasteiger partial charge in [-0.15, -0.1) is 0 Å². The minimum atomic E-state index is -0.182. The number of hydrogen-bond donors (Lipinski definition) is 1. The first-order valence-electron chi connectivity index (χ1n) is 7.50. The highest BCUT2D eigenvalue weighted by Crippen LogP contribution is 2.11. The van der Waals surface area contributed by atoms with Crippen LogP contribution in [0.1, 0.15) is 12.5 Å². The molecule has 0 atom stereocenters. The molecule has 1 fully saturated rings. The Kier molecular flexibility index (Phi) is 6.15. The minimum absolute atomic E-state index is 0.00704. The number of hydrogen-bond acceptors (Lipinski definition) is 3. The largest absolute Gasteiger partial charge is 0.347 e. The molecule has 1 aromatic carbocycles. The summed E-state index contributed by atoms with van der Waals surface area (Å²) in [7, 11) is 0. The minimum Gasteiger partial charge on any atom is -0.347 e. The molecule has 0 radical (unpaired) electrons. The van der Waals surface area contributed by atoms with Crippen molar-refractivity contribution in [2.24, 2.45) is 0 Å². The Morgan fingerprint density at radius 1 is 1.13 bits per heavy atom. The number of rotatable bonds is 4. The fourth-order valence-corrected chi connectivity index (χ4v) is 2.90. The predicted octanol–water partition coefficient (Wildman–Crippen LogP) is 0.799. The molecule has 2 rings (SSSR count). The number of nitrogens with one attached hydrogen (secondary N) is 1. The van der Waals surface area contributed by atoms with Gasteiger partial charge in [-0.25, -0.2) is 0 Å². The van der Waals surface area contributed by atoms with Crippen LogP contribution in [0.3, 0.4) is 0 Å². The molecule has 23 heavy (non-hydrogen) atoms. The second-order valence-electron chi connectivity index (χ2n) is 5.47. The molecule has 0 bridgehead atoms. The van der Waals surface area contributed by atoms with E-state index < -0.39 is 0 Å². The van der Waals surface area contributed by atoms with Gasteiger partial charge in [-0.05, 0) is 17.7 Å². The SMILES string of the molecule is CC(=O)N1CCN(C(=O)CNC(=O)Cc2cccc(Br)c2)CC1. The van der Waals surface area contributed by atoms with Gasteiger partial charge in [0.1, 0.15) is 0 Å². The van der Waals surface area contributed by atoms with E-state index in [9.17, 15) is 14.4 Å². The Balaban J connectivity index is 1.74. The third kappa shape index (κ3) is 5.35. The Bertz CT molecular complexity index is 598. The molecule has 124 valence electrons. The summed E-state index contributed by atoms with van der Waals surface area (Å²) in [4.78, 5) is 38.6. The molecular formula is C16H20BrN3O3. The lowest BCUT2D eigenvalue weighted by Crippen LogP contribution is -2.52. The lowest BCUT2D eigenvalue weighted by molar-refractivity contribution is -0.138. The van der Waals surface area contributed by atoms with Gasteiger partial charge in [0.2, 0.25) is 17.7 Å². The van der Waals surface area contributed by atoms with Crippen molar-refractivity contribution in [2.45, 2.75) is 13.3 Å². The summed E-state index contributed by atoms with van der Waals surface area (Å²) < 4.78 is 0.919. The fourth-order valence-electron chi connectivity index (χ4n) is 2.45. The van der Waals surface area contributed by atoms with Crippen molar-refractivity contribution >= 4 is 33.7 Å². The molecule has 6 nitrogen and oxygen atoms in total. The second-order valence-corrected chi connectivity index (χ2v) is 6.39. The molecule has 1 heterocycles. The van der Waals surface area contributed by atoms with Gasteiger partial charge < -0.3 is 15.1 Å². The highest BCUT2D eigenvalue weighted by molar-refractivity contribution is 9.10. The molecule has 7 heteroatoms. The van der Waals surface area contributed by atoms with Crippen LogP contribution >= 0.6 is 15.9 Å². The molecule has 1 saturated heterocycles.